The molecule has 0 atom stereocenters. The predicted octanol–water partition coefficient (Wildman–Crippen LogP) is -0.371. The second-order valence-corrected chi connectivity index (χ2v) is 3.53. The zero-order chi connectivity index (χ0) is 7.24. The fourth-order valence-corrected chi connectivity index (χ4v) is 1.61. The van der Waals surface area contributed by atoms with Crippen molar-refractivity contribution >= 4 is 0 Å². The summed E-state index contributed by atoms with van der Waals surface area (Å²) < 4.78 is 4.93. The van der Waals surface area contributed by atoms with Gasteiger partial charge in [0.2, 0.25) is 0 Å². The molecule has 2 aliphatic rings. The third kappa shape index (κ3) is 0.603. The molecular formula is C7H13NO2. The minimum absolute atomic E-state index is 0.314. The smallest absolute Gasteiger partial charge is 0.129 e. The Balaban J connectivity index is 2.08. The number of ether oxygens (including phenoxy) is 1. The zero-order valence-corrected chi connectivity index (χ0v) is 5.97. The second kappa shape index (κ2) is 1.72. The van der Waals surface area contributed by atoms with Crippen molar-refractivity contribution in [2.45, 2.75) is 30.4 Å². The SMILES string of the molecule is NC1(C2(O)COC2)CCC1. The van der Waals surface area contributed by atoms with E-state index in [1.54, 1.807) is 0 Å². The molecule has 10 heavy (non-hydrogen) atoms. The summed E-state index contributed by atoms with van der Waals surface area (Å²) in [6.45, 7) is 0.868. The monoisotopic (exact) mass is 143 g/mol. The maximum absolute atomic E-state index is 9.74. The van der Waals surface area contributed by atoms with Gasteiger partial charge < -0.3 is 15.6 Å². The standard InChI is InChI=1S/C7H13NO2/c8-6(2-1-3-6)7(9)4-10-5-7/h9H,1-5,8H2. The van der Waals surface area contributed by atoms with E-state index in [1.807, 2.05) is 0 Å². The molecule has 1 aliphatic carbocycles. The Morgan fingerprint density at radius 1 is 1.30 bits per heavy atom. The summed E-state index contributed by atoms with van der Waals surface area (Å²) in [6.07, 6.45) is 3.05. The zero-order valence-electron chi connectivity index (χ0n) is 5.97. The Labute approximate surface area is 60.2 Å². The van der Waals surface area contributed by atoms with Crippen molar-refractivity contribution in [3.05, 3.63) is 0 Å². The Kier molecular flexibility index (Phi) is 1.14. The average Bonchev–Trinajstić information content (AvgIpc) is 1.77. The molecule has 0 amide bonds. The minimum atomic E-state index is -0.689. The van der Waals surface area contributed by atoms with Gasteiger partial charge in [0.15, 0.2) is 0 Å². The van der Waals surface area contributed by atoms with Gasteiger partial charge in [-0.05, 0) is 19.3 Å². The third-order valence-electron chi connectivity index (χ3n) is 2.85. The molecule has 0 aromatic heterocycles. The minimum Gasteiger partial charge on any atom is -0.383 e. The van der Waals surface area contributed by atoms with Gasteiger partial charge in [0, 0.05) is 5.54 Å². The summed E-state index contributed by atoms with van der Waals surface area (Å²) in [6, 6.07) is 0. The lowest BCUT2D eigenvalue weighted by Crippen LogP contribution is -2.73. The summed E-state index contributed by atoms with van der Waals surface area (Å²) in [7, 11) is 0. The molecule has 0 aromatic rings. The Bertz CT molecular complexity index is 132. The molecular weight excluding hydrogens is 130 g/mol. The highest BCUT2D eigenvalue weighted by molar-refractivity contribution is 5.11. The maximum atomic E-state index is 9.74. The van der Waals surface area contributed by atoms with Gasteiger partial charge in [-0.1, -0.05) is 0 Å². The fourth-order valence-electron chi connectivity index (χ4n) is 1.61. The molecule has 1 aliphatic heterocycles. The molecule has 0 radical (unpaired) electrons. The van der Waals surface area contributed by atoms with Crippen LogP contribution < -0.4 is 5.73 Å². The van der Waals surface area contributed by atoms with Crippen LogP contribution in [-0.2, 0) is 4.74 Å². The van der Waals surface area contributed by atoms with E-state index in [2.05, 4.69) is 0 Å². The molecule has 0 bridgehead atoms. The third-order valence-corrected chi connectivity index (χ3v) is 2.85. The summed E-state index contributed by atoms with van der Waals surface area (Å²) in [4.78, 5) is 0. The maximum Gasteiger partial charge on any atom is 0.129 e. The van der Waals surface area contributed by atoms with Crippen molar-refractivity contribution in [1.82, 2.24) is 0 Å². The summed E-state index contributed by atoms with van der Waals surface area (Å²) in [5.74, 6) is 0. The van der Waals surface area contributed by atoms with Gasteiger partial charge in [0.1, 0.15) is 5.60 Å². The van der Waals surface area contributed by atoms with Crippen LogP contribution in [0, 0.1) is 0 Å². The number of rotatable bonds is 1. The van der Waals surface area contributed by atoms with Crippen LogP contribution in [0.4, 0.5) is 0 Å². The number of aliphatic hydroxyl groups is 1. The van der Waals surface area contributed by atoms with Crippen molar-refractivity contribution in [2.75, 3.05) is 13.2 Å². The van der Waals surface area contributed by atoms with Crippen LogP contribution in [0.2, 0.25) is 0 Å². The average molecular weight is 143 g/mol. The molecule has 2 fully saturated rings. The summed E-state index contributed by atoms with van der Waals surface area (Å²) >= 11 is 0. The summed E-state index contributed by atoms with van der Waals surface area (Å²) in [5.41, 5.74) is 4.91. The first-order valence-corrected chi connectivity index (χ1v) is 3.75. The van der Waals surface area contributed by atoms with Gasteiger partial charge >= 0.3 is 0 Å². The van der Waals surface area contributed by atoms with Gasteiger partial charge in [0.25, 0.3) is 0 Å². The van der Waals surface area contributed by atoms with Crippen molar-refractivity contribution < 1.29 is 9.84 Å². The normalized spacial score (nSPS) is 34.2. The molecule has 0 aromatic carbocycles. The molecule has 1 saturated heterocycles. The van der Waals surface area contributed by atoms with E-state index < -0.39 is 5.60 Å². The first kappa shape index (κ1) is 6.58. The molecule has 3 nitrogen and oxygen atoms in total. The molecule has 3 N–H and O–H groups in total. The number of hydrogen-bond acceptors (Lipinski definition) is 3. The van der Waals surface area contributed by atoms with E-state index in [1.165, 1.54) is 0 Å². The molecule has 58 valence electrons. The van der Waals surface area contributed by atoms with Crippen molar-refractivity contribution in [3.8, 4) is 0 Å². The number of nitrogens with two attached hydrogens (primary N) is 1. The van der Waals surface area contributed by atoms with Crippen LogP contribution in [0.5, 0.6) is 0 Å². The van der Waals surface area contributed by atoms with Gasteiger partial charge in [-0.25, -0.2) is 0 Å². The first-order chi connectivity index (χ1) is 4.66. The van der Waals surface area contributed by atoms with Gasteiger partial charge in [-0.15, -0.1) is 0 Å². The Hall–Kier alpha value is -0.120. The van der Waals surface area contributed by atoms with Crippen LogP contribution in [-0.4, -0.2) is 29.5 Å². The van der Waals surface area contributed by atoms with Gasteiger partial charge in [-0.2, -0.15) is 0 Å². The lowest BCUT2D eigenvalue weighted by Gasteiger charge is -2.54. The lowest BCUT2D eigenvalue weighted by molar-refractivity contribution is -0.228. The van der Waals surface area contributed by atoms with Crippen LogP contribution in [0.15, 0.2) is 0 Å². The van der Waals surface area contributed by atoms with E-state index in [0.29, 0.717) is 13.2 Å². The van der Waals surface area contributed by atoms with E-state index in [9.17, 15) is 5.11 Å². The van der Waals surface area contributed by atoms with E-state index in [4.69, 9.17) is 10.5 Å². The molecule has 0 spiro atoms. The first-order valence-electron chi connectivity index (χ1n) is 3.75. The summed E-state index contributed by atoms with van der Waals surface area (Å²) in [5, 5.41) is 9.74. The van der Waals surface area contributed by atoms with Crippen LogP contribution in [0.1, 0.15) is 19.3 Å². The molecule has 3 heteroatoms. The van der Waals surface area contributed by atoms with Crippen molar-refractivity contribution in [3.63, 3.8) is 0 Å². The van der Waals surface area contributed by atoms with Gasteiger partial charge in [-0.3, -0.25) is 0 Å². The highest BCUT2D eigenvalue weighted by Gasteiger charge is 2.55. The van der Waals surface area contributed by atoms with E-state index in [-0.39, 0.29) is 5.54 Å². The fraction of sp³-hybridized carbons (Fsp3) is 1.00. The van der Waals surface area contributed by atoms with Crippen molar-refractivity contribution in [2.24, 2.45) is 5.73 Å². The molecule has 2 rings (SSSR count). The van der Waals surface area contributed by atoms with E-state index in [0.717, 1.165) is 19.3 Å². The van der Waals surface area contributed by atoms with E-state index >= 15 is 0 Å². The topological polar surface area (TPSA) is 55.5 Å². The second-order valence-electron chi connectivity index (χ2n) is 3.53. The Morgan fingerprint density at radius 3 is 2.00 bits per heavy atom. The highest BCUT2D eigenvalue weighted by atomic mass is 16.5. The van der Waals surface area contributed by atoms with Crippen LogP contribution >= 0.6 is 0 Å². The van der Waals surface area contributed by atoms with Gasteiger partial charge in [0.05, 0.1) is 13.2 Å². The largest absolute Gasteiger partial charge is 0.383 e. The quantitative estimate of drug-likeness (QED) is 0.526. The lowest BCUT2D eigenvalue weighted by atomic mass is 9.65. The molecule has 1 heterocycles. The van der Waals surface area contributed by atoms with Crippen LogP contribution in [0.3, 0.4) is 0 Å². The molecule has 1 saturated carbocycles. The predicted molar refractivity (Wildman–Crippen MR) is 36.5 cm³/mol. The number of hydrogen-bond donors (Lipinski definition) is 2. The van der Waals surface area contributed by atoms with Crippen LogP contribution in [0.25, 0.3) is 0 Å². The Morgan fingerprint density at radius 2 is 1.90 bits per heavy atom. The van der Waals surface area contributed by atoms with Crippen molar-refractivity contribution in [1.29, 1.82) is 0 Å². The highest BCUT2D eigenvalue weighted by Crippen LogP contribution is 2.42. The molecule has 0 unspecified atom stereocenters.